The van der Waals surface area contributed by atoms with E-state index in [4.69, 9.17) is 0 Å². The van der Waals surface area contributed by atoms with Crippen molar-refractivity contribution in [1.82, 2.24) is 14.9 Å². The minimum atomic E-state index is 0.729. The maximum absolute atomic E-state index is 4.61. The van der Waals surface area contributed by atoms with Crippen LogP contribution in [0.15, 0.2) is 42.6 Å². The van der Waals surface area contributed by atoms with Crippen molar-refractivity contribution >= 4 is 5.69 Å². The topological polar surface area (TPSA) is 32.3 Å². The van der Waals surface area contributed by atoms with Crippen LogP contribution in [0.1, 0.15) is 24.9 Å². The third-order valence-corrected chi connectivity index (χ3v) is 4.49. The molecule has 0 amide bonds. The highest BCUT2D eigenvalue weighted by molar-refractivity contribution is 5.46. The van der Waals surface area contributed by atoms with E-state index in [0.29, 0.717) is 0 Å². The number of para-hydroxylation sites is 1. The lowest BCUT2D eigenvalue weighted by Crippen LogP contribution is -2.28. The molecule has 23 heavy (non-hydrogen) atoms. The van der Waals surface area contributed by atoms with E-state index in [1.807, 2.05) is 12.3 Å². The molecule has 1 atom stereocenters. The first-order valence-electron chi connectivity index (χ1n) is 8.54. The summed E-state index contributed by atoms with van der Waals surface area (Å²) in [6.07, 6.45) is 4.04. The molecule has 4 nitrogen and oxygen atoms in total. The molecule has 2 heterocycles. The summed E-state index contributed by atoms with van der Waals surface area (Å²) in [5, 5.41) is 0. The fourth-order valence-corrected chi connectivity index (χ4v) is 3.34. The molecule has 1 saturated heterocycles. The molecule has 2 aromatic rings. The zero-order valence-corrected chi connectivity index (χ0v) is 14.2. The summed E-state index contributed by atoms with van der Waals surface area (Å²) in [6.45, 7) is 6.43. The first-order chi connectivity index (χ1) is 11.2. The van der Waals surface area contributed by atoms with E-state index in [2.05, 4.69) is 64.1 Å². The summed E-state index contributed by atoms with van der Waals surface area (Å²) in [7, 11) is 2.19. The molecule has 1 fully saturated rings. The largest absolute Gasteiger partial charge is 0.371 e. The molecule has 0 radical (unpaired) electrons. The predicted octanol–water partition coefficient (Wildman–Crippen LogP) is 3.00. The molecule has 4 heteroatoms. The quantitative estimate of drug-likeness (QED) is 0.821. The molecule has 1 aliphatic rings. The van der Waals surface area contributed by atoms with E-state index >= 15 is 0 Å². The first kappa shape index (κ1) is 15.9. The summed E-state index contributed by atoms with van der Waals surface area (Å²) in [5.74, 6) is 1.67. The van der Waals surface area contributed by atoms with Crippen LogP contribution < -0.4 is 4.90 Å². The number of benzene rings is 1. The molecule has 0 N–H and O–H groups in total. The van der Waals surface area contributed by atoms with Gasteiger partial charge in [-0.1, -0.05) is 25.1 Å². The van der Waals surface area contributed by atoms with Crippen LogP contribution in [0.25, 0.3) is 0 Å². The van der Waals surface area contributed by atoms with Crippen molar-refractivity contribution in [2.45, 2.75) is 26.3 Å². The van der Waals surface area contributed by atoms with Crippen LogP contribution >= 0.6 is 0 Å². The van der Waals surface area contributed by atoms with Gasteiger partial charge in [0.05, 0.1) is 5.69 Å². The molecule has 0 spiro atoms. The Kier molecular flexibility index (Phi) is 5.23. The molecule has 0 aliphatic carbocycles. The molecule has 0 unspecified atom stereocenters. The van der Waals surface area contributed by atoms with E-state index < -0.39 is 0 Å². The van der Waals surface area contributed by atoms with Crippen LogP contribution in [-0.4, -0.2) is 41.5 Å². The second-order valence-electron chi connectivity index (χ2n) is 6.45. The summed E-state index contributed by atoms with van der Waals surface area (Å²) in [6, 6.07) is 12.8. The zero-order chi connectivity index (χ0) is 16.1. The lowest BCUT2D eigenvalue weighted by molar-refractivity contribution is 0.276. The van der Waals surface area contributed by atoms with E-state index in [1.54, 1.807) is 0 Å². The third-order valence-electron chi connectivity index (χ3n) is 4.49. The Balaban J connectivity index is 1.51. The number of hydrogen-bond acceptors (Lipinski definition) is 4. The van der Waals surface area contributed by atoms with Gasteiger partial charge in [-0.3, -0.25) is 0 Å². The van der Waals surface area contributed by atoms with Gasteiger partial charge in [0, 0.05) is 44.5 Å². The third kappa shape index (κ3) is 4.29. The molecule has 1 aromatic carbocycles. The Morgan fingerprint density at radius 1 is 1.22 bits per heavy atom. The molecular weight excluding hydrogens is 284 g/mol. The van der Waals surface area contributed by atoms with Crippen molar-refractivity contribution in [3.8, 4) is 0 Å². The minimum Gasteiger partial charge on any atom is -0.371 e. The van der Waals surface area contributed by atoms with E-state index in [0.717, 1.165) is 50.0 Å². The summed E-state index contributed by atoms with van der Waals surface area (Å²) >= 11 is 0. The number of aromatic nitrogens is 2. The zero-order valence-electron chi connectivity index (χ0n) is 14.2. The lowest BCUT2D eigenvalue weighted by atomic mass is 10.1. The highest BCUT2D eigenvalue weighted by Crippen LogP contribution is 2.24. The number of rotatable bonds is 6. The maximum atomic E-state index is 4.61. The molecule has 3 rings (SSSR count). The van der Waals surface area contributed by atoms with Crippen LogP contribution in [0.2, 0.25) is 0 Å². The average Bonchev–Trinajstić information content (AvgIpc) is 3.04. The van der Waals surface area contributed by atoms with E-state index in [9.17, 15) is 0 Å². The Bertz CT molecular complexity index is 614. The molecule has 1 aromatic heterocycles. The van der Waals surface area contributed by atoms with Gasteiger partial charge in [0.2, 0.25) is 0 Å². The monoisotopic (exact) mass is 310 g/mol. The maximum Gasteiger partial charge on any atom is 0.128 e. The molecule has 122 valence electrons. The second-order valence-corrected chi connectivity index (χ2v) is 6.45. The molecular formula is C19H26N4. The van der Waals surface area contributed by atoms with Gasteiger partial charge in [-0.2, -0.15) is 0 Å². The average molecular weight is 310 g/mol. The highest BCUT2D eigenvalue weighted by atomic mass is 15.2. The number of aryl methyl sites for hydroxylation is 1. The van der Waals surface area contributed by atoms with Crippen LogP contribution in [-0.2, 0) is 13.0 Å². The van der Waals surface area contributed by atoms with Gasteiger partial charge < -0.3 is 9.80 Å². The van der Waals surface area contributed by atoms with Crippen LogP contribution in [0.5, 0.6) is 0 Å². The fourth-order valence-electron chi connectivity index (χ4n) is 3.34. The standard InChI is InChI=1S/C19H26N4/c1-3-19-20-11-9-17(21-19)15-22(2)13-16-10-12-23(14-16)18-7-5-4-6-8-18/h4-9,11,16H,3,10,12-15H2,1-2H3/t16-/m0/s1. The summed E-state index contributed by atoms with van der Waals surface area (Å²) in [4.78, 5) is 13.8. The van der Waals surface area contributed by atoms with Crippen molar-refractivity contribution < 1.29 is 0 Å². The number of nitrogens with zero attached hydrogens (tertiary/aromatic N) is 4. The Hall–Kier alpha value is -1.94. The first-order valence-corrected chi connectivity index (χ1v) is 8.54. The summed E-state index contributed by atoms with van der Waals surface area (Å²) in [5.41, 5.74) is 2.47. The van der Waals surface area contributed by atoms with Crippen LogP contribution in [0.4, 0.5) is 5.69 Å². The smallest absolute Gasteiger partial charge is 0.128 e. The van der Waals surface area contributed by atoms with Gasteiger partial charge in [0.15, 0.2) is 0 Å². The second kappa shape index (κ2) is 7.55. The van der Waals surface area contributed by atoms with Crippen molar-refractivity contribution in [1.29, 1.82) is 0 Å². The summed E-state index contributed by atoms with van der Waals surface area (Å²) < 4.78 is 0. The number of anilines is 1. The number of hydrogen-bond donors (Lipinski definition) is 0. The van der Waals surface area contributed by atoms with Gasteiger partial charge >= 0.3 is 0 Å². The van der Waals surface area contributed by atoms with Gasteiger partial charge in [-0.15, -0.1) is 0 Å². The Labute approximate surface area is 139 Å². The predicted molar refractivity (Wildman–Crippen MR) is 94.5 cm³/mol. The minimum absolute atomic E-state index is 0.729. The van der Waals surface area contributed by atoms with Crippen molar-refractivity contribution in [2.75, 3.05) is 31.6 Å². The normalized spacial score (nSPS) is 17.9. The van der Waals surface area contributed by atoms with Crippen molar-refractivity contribution in [3.63, 3.8) is 0 Å². The van der Waals surface area contributed by atoms with Crippen LogP contribution in [0.3, 0.4) is 0 Å². The van der Waals surface area contributed by atoms with Crippen LogP contribution in [0, 0.1) is 5.92 Å². The van der Waals surface area contributed by atoms with Gasteiger partial charge in [-0.25, -0.2) is 9.97 Å². The van der Waals surface area contributed by atoms with Crippen molar-refractivity contribution in [3.05, 3.63) is 54.1 Å². The lowest BCUT2D eigenvalue weighted by Gasteiger charge is -2.22. The fraction of sp³-hybridized carbons (Fsp3) is 0.474. The molecule has 1 aliphatic heterocycles. The molecule has 0 bridgehead atoms. The highest BCUT2D eigenvalue weighted by Gasteiger charge is 2.23. The van der Waals surface area contributed by atoms with E-state index in [1.165, 1.54) is 12.1 Å². The Morgan fingerprint density at radius 2 is 2.04 bits per heavy atom. The van der Waals surface area contributed by atoms with Gasteiger partial charge in [-0.05, 0) is 37.6 Å². The van der Waals surface area contributed by atoms with E-state index in [-0.39, 0.29) is 0 Å². The van der Waals surface area contributed by atoms with Gasteiger partial charge in [0.1, 0.15) is 5.82 Å². The molecule has 0 saturated carbocycles. The Morgan fingerprint density at radius 3 is 2.83 bits per heavy atom. The van der Waals surface area contributed by atoms with Crippen molar-refractivity contribution in [2.24, 2.45) is 5.92 Å². The SMILES string of the molecule is CCc1nccc(CN(C)C[C@@H]2CCN(c3ccccc3)C2)n1. The van der Waals surface area contributed by atoms with Gasteiger partial charge in [0.25, 0.3) is 0 Å².